The Kier molecular flexibility index (Phi) is 6.29. The lowest BCUT2D eigenvalue weighted by molar-refractivity contribution is 0.352. The normalized spacial score (nSPS) is 18.5. The Bertz CT molecular complexity index is 1270. The molecule has 2 N–H and O–H groups in total. The van der Waals surface area contributed by atoms with Crippen LogP contribution in [0.1, 0.15) is 31.2 Å². The first-order chi connectivity index (χ1) is 16.1. The van der Waals surface area contributed by atoms with Gasteiger partial charge in [-0.05, 0) is 49.9 Å². The fourth-order valence-electron chi connectivity index (χ4n) is 4.60. The largest absolute Gasteiger partial charge is 0.362 e. The SMILES string of the molecule is CN(C)c1nc(N[C@H]2CC[C@@H](NCc3cc4ccccc4nc3Cl)CC2)nc2ccccc12. The van der Waals surface area contributed by atoms with Crippen LogP contribution in [0.25, 0.3) is 21.8 Å². The maximum Gasteiger partial charge on any atom is 0.225 e. The standard InChI is InChI=1S/C26H29ClN6/c1-33(2)25-21-8-4-6-10-23(21)31-26(32-25)29-20-13-11-19(12-14-20)28-16-18-15-17-7-3-5-9-22(17)30-24(18)27/h3-10,15,19-20,28H,11-14,16H2,1-2H3,(H,29,31,32)/t19-,20+. The summed E-state index contributed by atoms with van der Waals surface area (Å²) in [5.74, 6) is 1.65. The van der Waals surface area contributed by atoms with Crippen LogP contribution in [0, 0.1) is 0 Å². The molecular weight excluding hydrogens is 432 g/mol. The van der Waals surface area contributed by atoms with E-state index < -0.39 is 0 Å². The minimum absolute atomic E-state index is 0.380. The van der Waals surface area contributed by atoms with Crippen molar-refractivity contribution in [1.29, 1.82) is 0 Å². The molecule has 7 heteroatoms. The Morgan fingerprint density at radius 3 is 2.36 bits per heavy atom. The molecule has 6 nitrogen and oxygen atoms in total. The van der Waals surface area contributed by atoms with Gasteiger partial charge in [0.15, 0.2) is 0 Å². The van der Waals surface area contributed by atoms with Crippen LogP contribution in [-0.2, 0) is 6.54 Å². The van der Waals surface area contributed by atoms with E-state index >= 15 is 0 Å². The van der Waals surface area contributed by atoms with Crippen LogP contribution in [0.15, 0.2) is 54.6 Å². The predicted octanol–water partition coefficient (Wildman–Crippen LogP) is 5.41. The highest BCUT2D eigenvalue weighted by Gasteiger charge is 2.22. The van der Waals surface area contributed by atoms with Gasteiger partial charge < -0.3 is 15.5 Å². The Hall–Kier alpha value is -2.96. The molecule has 0 atom stereocenters. The summed E-state index contributed by atoms with van der Waals surface area (Å²) in [6, 6.07) is 19.3. The average molecular weight is 461 g/mol. The molecule has 1 aliphatic rings. The molecule has 0 saturated heterocycles. The zero-order valence-corrected chi connectivity index (χ0v) is 19.8. The van der Waals surface area contributed by atoms with E-state index in [0.29, 0.717) is 23.2 Å². The van der Waals surface area contributed by atoms with Crippen LogP contribution >= 0.6 is 11.6 Å². The number of nitrogens with one attached hydrogen (secondary N) is 2. The Morgan fingerprint density at radius 1 is 0.879 bits per heavy atom. The second-order valence-electron chi connectivity index (χ2n) is 8.99. The van der Waals surface area contributed by atoms with Gasteiger partial charge in [-0.3, -0.25) is 0 Å². The van der Waals surface area contributed by atoms with Crippen molar-refractivity contribution in [3.8, 4) is 0 Å². The van der Waals surface area contributed by atoms with E-state index in [0.717, 1.165) is 65.4 Å². The highest BCUT2D eigenvalue weighted by atomic mass is 35.5. The first-order valence-corrected chi connectivity index (χ1v) is 11.9. The fraction of sp³-hybridized carbons (Fsp3) is 0.346. The highest BCUT2D eigenvalue weighted by molar-refractivity contribution is 6.30. The van der Waals surface area contributed by atoms with Gasteiger partial charge in [0.1, 0.15) is 11.0 Å². The van der Waals surface area contributed by atoms with E-state index in [4.69, 9.17) is 21.6 Å². The van der Waals surface area contributed by atoms with Gasteiger partial charge in [0.2, 0.25) is 5.95 Å². The van der Waals surface area contributed by atoms with Gasteiger partial charge in [0.05, 0.1) is 11.0 Å². The topological polar surface area (TPSA) is 66.0 Å². The first-order valence-electron chi connectivity index (χ1n) is 11.5. The predicted molar refractivity (Wildman–Crippen MR) is 137 cm³/mol. The third-order valence-electron chi connectivity index (χ3n) is 6.40. The lowest BCUT2D eigenvalue weighted by Gasteiger charge is -2.30. The molecule has 4 aromatic rings. The number of rotatable bonds is 6. The maximum atomic E-state index is 6.43. The van der Waals surface area contributed by atoms with Crippen LogP contribution < -0.4 is 15.5 Å². The average Bonchev–Trinajstić information content (AvgIpc) is 2.83. The number of hydrogen-bond donors (Lipinski definition) is 2. The number of anilines is 2. The molecule has 2 aromatic heterocycles. The fourth-order valence-corrected chi connectivity index (χ4v) is 4.82. The van der Waals surface area contributed by atoms with Gasteiger partial charge in [-0.15, -0.1) is 0 Å². The third kappa shape index (κ3) is 4.87. The Labute approximate surface area is 199 Å². The van der Waals surface area contributed by atoms with E-state index in [1.54, 1.807) is 0 Å². The van der Waals surface area contributed by atoms with Crippen LogP contribution in [0.3, 0.4) is 0 Å². The van der Waals surface area contributed by atoms with Gasteiger partial charge in [0.25, 0.3) is 0 Å². The zero-order valence-electron chi connectivity index (χ0n) is 19.1. The summed E-state index contributed by atoms with van der Waals surface area (Å²) in [5, 5.41) is 10.1. The molecule has 5 rings (SSSR count). The van der Waals surface area contributed by atoms with Crippen molar-refractivity contribution in [3.05, 3.63) is 65.3 Å². The van der Waals surface area contributed by atoms with E-state index in [9.17, 15) is 0 Å². The van der Waals surface area contributed by atoms with Crippen LogP contribution in [-0.4, -0.2) is 41.1 Å². The number of hydrogen-bond acceptors (Lipinski definition) is 6. The van der Waals surface area contributed by atoms with Crippen molar-refractivity contribution in [1.82, 2.24) is 20.3 Å². The molecule has 0 unspecified atom stereocenters. The van der Waals surface area contributed by atoms with Gasteiger partial charge in [0, 0.05) is 49.1 Å². The first kappa shape index (κ1) is 21.9. The molecule has 2 aromatic carbocycles. The van der Waals surface area contributed by atoms with Crippen LogP contribution in [0.5, 0.6) is 0 Å². The summed E-state index contributed by atoms with van der Waals surface area (Å²) in [7, 11) is 4.04. The third-order valence-corrected chi connectivity index (χ3v) is 6.73. The lowest BCUT2D eigenvalue weighted by Crippen LogP contribution is -2.37. The summed E-state index contributed by atoms with van der Waals surface area (Å²) in [6.45, 7) is 0.736. The van der Waals surface area contributed by atoms with E-state index in [1.807, 2.05) is 55.4 Å². The molecule has 170 valence electrons. The molecule has 2 heterocycles. The minimum atomic E-state index is 0.380. The summed E-state index contributed by atoms with van der Waals surface area (Å²) in [4.78, 5) is 16.1. The number of aromatic nitrogens is 3. The summed E-state index contributed by atoms with van der Waals surface area (Å²) >= 11 is 6.43. The zero-order chi connectivity index (χ0) is 22.8. The molecule has 1 saturated carbocycles. The second-order valence-corrected chi connectivity index (χ2v) is 9.35. The van der Waals surface area contributed by atoms with Crippen molar-refractivity contribution in [3.63, 3.8) is 0 Å². The number of benzene rings is 2. The number of nitrogens with zero attached hydrogens (tertiary/aromatic N) is 4. The highest BCUT2D eigenvalue weighted by Crippen LogP contribution is 2.27. The van der Waals surface area contributed by atoms with Crippen molar-refractivity contribution in [2.45, 2.75) is 44.3 Å². The van der Waals surface area contributed by atoms with Gasteiger partial charge in [-0.25, -0.2) is 9.97 Å². The van der Waals surface area contributed by atoms with E-state index in [-0.39, 0.29) is 0 Å². The molecule has 0 radical (unpaired) electrons. The number of fused-ring (bicyclic) bond motifs is 2. The van der Waals surface area contributed by atoms with E-state index in [2.05, 4.69) is 33.8 Å². The van der Waals surface area contributed by atoms with Crippen molar-refractivity contribution in [2.24, 2.45) is 0 Å². The Balaban J connectivity index is 1.19. The van der Waals surface area contributed by atoms with Gasteiger partial charge >= 0.3 is 0 Å². The molecule has 0 bridgehead atoms. The molecule has 1 fully saturated rings. The molecule has 0 aliphatic heterocycles. The summed E-state index contributed by atoms with van der Waals surface area (Å²) in [6.07, 6.45) is 4.36. The molecule has 0 amide bonds. The molecular formula is C26H29ClN6. The number of pyridine rings is 1. The lowest BCUT2D eigenvalue weighted by atomic mass is 9.91. The van der Waals surface area contributed by atoms with Gasteiger partial charge in [-0.1, -0.05) is 41.9 Å². The minimum Gasteiger partial charge on any atom is -0.362 e. The van der Waals surface area contributed by atoms with Crippen LogP contribution in [0.2, 0.25) is 5.15 Å². The number of halogens is 1. The maximum absolute atomic E-state index is 6.43. The van der Waals surface area contributed by atoms with Crippen molar-refractivity contribution >= 4 is 45.2 Å². The van der Waals surface area contributed by atoms with Crippen molar-refractivity contribution in [2.75, 3.05) is 24.3 Å². The summed E-state index contributed by atoms with van der Waals surface area (Å²) < 4.78 is 0. The monoisotopic (exact) mass is 460 g/mol. The van der Waals surface area contributed by atoms with Gasteiger partial charge in [-0.2, -0.15) is 4.98 Å². The Morgan fingerprint density at radius 2 is 1.58 bits per heavy atom. The van der Waals surface area contributed by atoms with Crippen molar-refractivity contribution < 1.29 is 0 Å². The molecule has 33 heavy (non-hydrogen) atoms. The molecule has 0 spiro atoms. The quantitative estimate of drug-likeness (QED) is 0.375. The second kappa shape index (κ2) is 9.49. The number of para-hydroxylation sites is 2. The molecule has 1 aliphatic carbocycles. The summed E-state index contributed by atoms with van der Waals surface area (Å²) in [5.41, 5.74) is 2.96. The van der Waals surface area contributed by atoms with Crippen LogP contribution in [0.4, 0.5) is 11.8 Å². The van der Waals surface area contributed by atoms with E-state index in [1.165, 1.54) is 0 Å². The smallest absolute Gasteiger partial charge is 0.225 e.